The van der Waals surface area contributed by atoms with E-state index in [4.69, 9.17) is 9.97 Å². The molecule has 3 aromatic rings. The lowest BCUT2D eigenvalue weighted by atomic mass is 10.2. The van der Waals surface area contributed by atoms with Gasteiger partial charge in [0.05, 0.1) is 28.1 Å². The number of piperazine rings is 1. The van der Waals surface area contributed by atoms with E-state index in [1.54, 1.807) is 11.3 Å². The largest absolute Gasteiger partial charge is 0.346 e. The van der Waals surface area contributed by atoms with Gasteiger partial charge in [0.1, 0.15) is 0 Å². The van der Waals surface area contributed by atoms with Gasteiger partial charge in [0.25, 0.3) is 0 Å². The highest BCUT2D eigenvalue weighted by molar-refractivity contribution is 7.13. The van der Waals surface area contributed by atoms with E-state index < -0.39 is 0 Å². The first-order valence-corrected chi connectivity index (χ1v) is 9.19. The molecule has 1 aromatic carbocycles. The fourth-order valence-electron chi connectivity index (χ4n) is 3.07. The van der Waals surface area contributed by atoms with E-state index in [2.05, 4.69) is 34.0 Å². The fourth-order valence-corrected chi connectivity index (χ4v) is 3.93. The zero-order valence-electron chi connectivity index (χ0n) is 14.1. The molecule has 4 rings (SSSR count). The summed E-state index contributed by atoms with van der Waals surface area (Å²) < 4.78 is 0. The zero-order chi connectivity index (χ0) is 16.5. The Morgan fingerprint density at radius 3 is 2.33 bits per heavy atom. The molecule has 1 aliphatic rings. The number of fused-ring (bicyclic) bond motifs is 1. The van der Waals surface area contributed by atoms with Gasteiger partial charge in [-0.25, -0.2) is 15.0 Å². The van der Waals surface area contributed by atoms with Gasteiger partial charge in [-0.15, -0.1) is 11.3 Å². The number of aromatic nitrogens is 3. The molecule has 5 nitrogen and oxygen atoms in total. The minimum absolute atomic E-state index is 0.869. The van der Waals surface area contributed by atoms with E-state index in [-0.39, 0.29) is 0 Å². The van der Waals surface area contributed by atoms with E-state index in [1.807, 2.05) is 24.3 Å². The summed E-state index contributed by atoms with van der Waals surface area (Å²) in [5, 5.41) is 3.27. The van der Waals surface area contributed by atoms with E-state index >= 15 is 0 Å². The summed E-state index contributed by atoms with van der Waals surface area (Å²) in [4.78, 5) is 19.0. The van der Waals surface area contributed by atoms with Crippen LogP contribution < -0.4 is 4.90 Å². The SMILES string of the molecule is Cc1csc(N2CCN(Cc3nc4ccccc4nc3C)CC2)n1. The van der Waals surface area contributed by atoms with E-state index in [9.17, 15) is 0 Å². The van der Waals surface area contributed by atoms with E-state index in [0.717, 1.165) is 66.0 Å². The smallest absolute Gasteiger partial charge is 0.185 e. The zero-order valence-corrected chi connectivity index (χ0v) is 14.9. The van der Waals surface area contributed by atoms with Crippen LogP contribution in [0.25, 0.3) is 11.0 Å². The molecule has 0 amide bonds. The third-order valence-electron chi connectivity index (χ3n) is 4.47. The number of thiazole rings is 1. The highest BCUT2D eigenvalue weighted by Gasteiger charge is 2.20. The first kappa shape index (κ1) is 15.5. The van der Waals surface area contributed by atoms with Crippen LogP contribution in [0.5, 0.6) is 0 Å². The first-order valence-electron chi connectivity index (χ1n) is 8.31. The number of para-hydroxylation sites is 2. The van der Waals surface area contributed by atoms with Crippen LogP contribution in [0.15, 0.2) is 29.6 Å². The molecule has 0 saturated carbocycles. The molecule has 3 heterocycles. The number of hydrogen-bond acceptors (Lipinski definition) is 6. The van der Waals surface area contributed by atoms with E-state index in [1.165, 1.54) is 0 Å². The molecule has 0 spiro atoms. The van der Waals surface area contributed by atoms with Gasteiger partial charge in [-0.05, 0) is 26.0 Å². The molecule has 2 aromatic heterocycles. The minimum atomic E-state index is 0.869. The van der Waals surface area contributed by atoms with Crippen molar-refractivity contribution in [1.82, 2.24) is 19.9 Å². The maximum absolute atomic E-state index is 4.82. The molecule has 0 atom stereocenters. The van der Waals surface area contributed by atoms with Crippen molar-refractivity contribution < 1.29 is 0 Å². The second-order valence-electron chi connectivity index (χ2n) is 6.28. The van der Waals surface area contributed by atoms with Crippen LogP contribution in [-0.4, -0.2) is 46.0 Å². The van der Waals surface area contributed by atoms with Gasteiger partial charge in [0, 0.05) is 38.1 Å². The van der Waals surface area contributed by atoms with Crippen molar-refractivity contribution in [2.24, 2.45) is 0 Å². The third kappa shape index (κ3) is 3.12. The summed E-state index contributed by atoms with van der Waals surface area (Å²) >= 11 is 1.74. The van der Waals surface area contributed by atoms with Crippen molar-refractivity contribution in [2.45, 2.75) is 20.4 Å². The predicted molar refractivity (Wildman–Crippen MR) is 98.6 cm³/mol. The lowest BCUT2D eigenvalue weighted by Crippen LogP contribution is -2.46. The third-order valence-corrected chi connectivity index (χ3v) is 5.49. The average Bonchev–Trinajstić information content (AvgIpc) is 3.03. The van der Waals surface area contributed by atoms with Crippen molar-refractivity contribution >= 4 is 27.5 Å². The summed E-state index contributed by atoms with van der Waals surface area (Å²) in [6.45, 7) is 9.09. The first-order chi connectivity index (χ1) is 11.7. The average molecular weight is 339 g/mol. The van der Waals surface area contributed by atoms with Crippen LogP contribution in [0.4, 0.5) is 5.13 Å². The number of aryl methyl sites for hydroxylation is 2. The van der Waals surface area contributed by atoms with Gasteiger partial charge in [-0.1, -0.05) is 12.1 Å². The molecule has 124 valence electrons. The normalized spacial score (nSPS) is 16.0. The van der Waals surface area contributed by atoms with Gasteiger partial charge in [0.15, 0.2) is 5.13 Å². The van der Waals surface area contributed by atoms with Crippen molar-refractivity contribution in [2.75, 3.05) is 31.1 Å². The Morgan fingerprint density at radius 2 is 1.67 bits per heavy atom. The summed E-state index contributed by atoms with van der Waals surface area (Å²) in [5.74, 6) is 0. The number of hydrogen-bond donors (Lipinski definition) is 0. The number of benzene rings is 1. The monoisotopic (exact) mass is 339 g/mol. The number of nitrogens with zero attached hydrogens (tertiary/aromatic N) is 5. The maximum Gasteiger partial charge on any atom is 0.185 e. The van der Waals surface area contributed by atoms with Crippen molar-refractivity contribution in [3.8, 4) is 0 Å². The Kier molecular flexibility index (Phi) is 4.16. The Bertz CT molecular complexity index is 851. The van der Waals surface area contributed by atoms with E-state index in [0.29, 0.717) is 0 Å². The quantitative estimate of drug-likeness (QED) is 0.734. The van der Waals surface area contributed by atoms with Crippen LogP contribution in [0, 0.1) is 13.8 Å². The summed E-state index contributed by atoms with van der Waals surface area (Å²) in [6, 6.07) is 8.09. The number of rotatable bonds is 3. The van der Waals surface area contributed by atoms with Crippen molar-refractivity contribution in [1.29, 1.82) is 0 Å². The summed E-state index contributed by atoms with van der Waals surface area (Å²) in [5.41, 5.74) is 5.19. The molecule has 1 aliphatic heterocycles. The Hall–Kier alpha value is -2.05. The molecule has 0 unspecified atom stereocenters. The van der Waals surface area contributed by atoms with Crippen LogP contribution >= 0.6 is 11.3 Å². The molecule has 0 radical (unpaired) electrons. The van der Waals surface area contributed by atoms with Crippen LogP contribution in [0.3, 0.4) is 0 Å². The van der Waals surface area contributed by atoms with Crippen molar-refractivity contribution in [3.05, 3.63) is 46.7 Å². The molecule has 1 saturated heterocycles. The van der Waals surface area contributed by atoms with Gasteiger partial charge in [0.2, 0.25) is 0 Å². The Morgan fingerprint density at radius 1 is 0.958 bits per heavy atom. The van der Waals surface area contributed by atoms with Crippen LogP contribution in [-0.2, 0) is 6.54 Å². The Labute approximate surface area is 146 Å². The number of anilines is 1. The molecular weight excluding hydrogens is 318 g/mol. The molecule has 0 bridgehead atoms. The minimum Gasteiger partial charge on any atom is -0.346 e. The van der Waals surface area contributed by atoms with Gasteiger partial charge in [-0.3, -0.25) is 4.90 Å². The lowest BCUT2D eigenvalue weighted by molar-refractivity contribution is 0.246. The van der Waals surface area contributed by atoms with Crippen molar-refractivity contribution in [3.63, 3.8) is 0 Å². The highest BCUT2D eigenvalue weighted by atomic mass is 32.1. The molecule has 1 fully saturated rings. The topological polar surface area (TPSA) is 45.2 Å². The van der Waals surface area contributed by atoms with Gasteiger partial charge >= 0.3 is 0 Å². The summed E-state index contributed by atoms with van der Waals surface area (Å²) in [6.07, 6.45) is 0. The molecule has 24 heavy (non-hydrogen) atoms. The van der Waals surface area contributed by atoms with Gasteiger partial charge < -0.3 is 4.90 Å². The predicted octanol–water partition coefficient (Wildman–Crippen LogP) is 3.03. The fraction of sp³-hybridized carbons (Fsp3) is 0.389. The Balaban J connectivity index is 1.44. The van der Waals surface area contributed by atoms with Crippen LogP contribution in [0.2, 0.25) is 0 Å². The second-order valence-corrected chi connectivity index (χ2v) is 7.12. The molecular formula is C18H21N5S. The molecule has 0 N–H and O–H groups in total. The van der Waals surface area contributed by atoms with Gasteiger partial charge in [-0.2, -0.15) is 0 Å². The molecule has 0 aliphatic carbocycles. The maximum atomic E-state index is 4.82. The molecule has 6 heteroatoms. The second kappa shape index (κ2) is 6.45. The summed E-state index contributed by atoms with van der Waals surface area (Å²) in [7, 11) is 0. The lowest BCUT2D eigenvalue weighted by Gasteiger charge is -2.34. The van der Waals surface area contributed by atoms with Crippen LogP contribution in [0.1, 0.15) is 17.1 Å². The highest BCUT2D eigenvalue weighted by Crippen LogP contribution is 2.22. The standard InChI is InChI=1S/C18H21N5S/c1-13-12-24-18(19-13)23-9-7-22(8-10-23)11-17-14(2)20-15-5-3-4-6-16(15)21-17/h3-6,12H,7-11H2,1-2H3.